The molecule has 0 amide bonds. The summed E-state index contributed by atoms with van der Waals surface area (Å²) in [6.45, 7) is 9.59. The minimum Gasteiger partial charge on any atom is -0.208 e. The quantitative estimate of drug-likeness (QED) is 0.167. The Bertz CT molecular complexity index is 3280. The molecule has 0 radical (unpaired) electrons. The first-order valence-corrected chi connectivity index (χ1v) is 21.0. The number of rotatable bonds is 4. The lowest BCUT2D eigenvalue weighted by Gasteiger charge is -2.26. The number of nitrogens with zero attached hydrogens (tertiary/aromatic N) is 3. The Hall–Kier alpha value is -7.23. The van der Waals surface area contributed by atoms with Gasteiger partial charge < -0.3 is 0 Å². The molecule has 3 heteroatoms. The molecule has 0 fully saturated rings. The first kappa shape index (κ1) is 34.8. The standard InChI is InChI=1S/C57H41N3/c1-56(2)44-29-17-15-27-41(44)50-46(56)32-31-40-43(33-47-51(52(40)50)42-28-16-18-30-45(42)57(47,3)4)48-36-23-11-13-25-38(36)49(39-26-14-12-24-37(39)48)55-59-53(34-19-7-5-8-20-34)58-54(60-55)35-21-9-6-10-22-35/h5-33H,1-4H3. The molecule has 3 nitrogen and oxygen atoms in total. The number of hydrogen-bond donors (Lipinski definition) is 0. The van der Waals surface area contributed by atoms with E-state index in [2.05, 4.69) is 167 Å². The van der Waals surface area contributed by atoms with Gasteiger partial charge >= 0.3 is 0 Å². The Labute approximate surface area is 350 Å². The molecule has 60 heavy (non-hydrogen) atoms. The van der Waals surface area contributed by atoms with Crippen LogP contribution in [0, 0.1) is 0 Å². The SMILES string of the molecule is CC1(C)c2ccccc2-c2c1ccc1c(-c3c4ccccc4c(-c4nc(-c5ccccc5)nc(-c5ccccc5)n4)c4ccccc34)cc3c(c21)-c1ccccc1C3(C)C. The normalized spacial score (nSPS) is 14.3. The van der Waals surface area contributed by atoms with Crippen molar-refractivity contribution in [2.45, 2.75) is 38.5 Å². The summed E-state index contributed by atoms with van der Waals surface area (Å²) in [7, 11) is 0. The van der Waals surface area contributed by atoms with E-state index in [4.69, 9.17) is 15.0 Å². The van der Waals surface area contributed by atoms with Gasteiger partial charge in [-0.1, -0.05) is 198 Å². The van der Waals surface area contributed by atoms with Gasteiger partial charge in [-0.3, -0.25) is 0 Å². The van der Waals surface area contributed by atoms with Gasteiger partial charge in [-0.05, 0) is 94.0 Å². The Morgan fingerprint density at radius 2 is 0.717 bits per heavy atom. The zero-order valence-electron chi connectivity index (χ0n) is 34.1. The third-order valence-electron chi connectivity index (χ3n) is 13.5. The molecule has 0 N–H and O–H groups in total. The fraction of sp³-hybridized carbons (Fsp3) is 0.105. The molecule has 0 bridgehead atoms. The zero-order chi connectivity index (χ0) is 40.3. The summed E-state index contributed by atoms with van der Waals surface area (Å²) in [5.74, 6) is 1.97. The maximum atomic E-state index is 5.29. The number of fused-ring (bicyclic) bond motifs is 11. The first-order chi connectivity index (χ1) is 29.3. The molecule has 10 aromatic rings. The van der Waals surface area contributed by atoms with E-state index >= 15 is 0 Å². The summed E-state index contributed by atoms with van der Waals surface area (Å²) >= 11 is 0. The Morgan fingerprint density at radius 3 is 1.25 bits per heavy atom. The number of aromatic nitrogens is 3. The van der Waals surface area contributed by atoms with Crippen molar-refractivity contribution in [2.24, 2.45) is 0 Å². The highest BCUT2D eigenvalue weighted by Crippen LogP contribution is 2.60. The van der Waals surface area contributed by atoms with Crippen molar-refractivity contribution < 1.29 is 0 Å². The van der Waals surface area contributed by atoms with Crippen LogP contribution in [-0.2, 0) is 10.8 Å². The average molecular weight is 768 g/mol. The average Bonchev–Trinajstić information content (AvgIpc) is 3.67. The minimum absolute atomic E-state index is 0.126. The number of benzene rings is 9. The second-order valence-corrected chi connectivity index (χ2v) is 17.5. The highest BCUT2D eigenvalue weighted by molar-refractivity contribution is 6.26. The molecular formula is C57H41N3. The van der Waals surface area contributed by atoms with Crippen LogP contribution in [0.4, 0.5) is 0 Å². The van der Waals surface area contributed by atoms with Crippen LogP contribution in [0.5, 0.6) is 0 Å². The monoisotopic (exact) mass is 767 g/mol. The van der Waals surface area contributed by atoms with E-state index in [0.717, 1.165) is 27.5 Å². The third-order valence-corrected chi connectivity index (χ3v) is 13.5. The van der Waals surface area contributed by atoms with Crippen LogP contribution in [0.2, 0.25) is 0 Å². The topological polar surface area (TPSA) is 38.7 Å². The molecule has 0 aliphatic heterocycles. The van der Waals surface area contributed by atoms with Crippen molar-refractivity contribution in [3.05, 3.63) is 198 Å². The number of hydrogen-bond acceptors (Lipinski definition) is 3. The van der Waals surface area contributed by atoms with Gasteiger partial charge in [0, 0.05) is 27.5 Å². The largest absolute Gasteiger partial charge is 0.208 e. The molecule has 12 rings (SSSR count). The molecule has 0 saturated heterocycles. The maximum Gasteiger partial charge on any atom is 0.165 e. The van der Waals surface area contributed by atoms with Crippen molar-refractivity contribution in [3.8, 4) is 67.5 Å². The second kappa shape index (κ2) is 12.6. The summed E-state index contributed by atoms with van der Waals surface area (Å²) in [4.78, 5) is 15.6. The smallest absolute Gasteiger partial charge is 0.165 e. The van der Waals surface area contributed by atoms with Gasteiger partial charge in [-0.15, -0.1) is 0 Å². The molecular weight excluding hydrogens is 727 g/mol. The van der Waals surface area contributed by atoms with Crippen molar-refractivity contribution in [3.63, 3.8) is 0 Å². The van der Waals surface area contributed by atoms with Crippen molar-refractivity contribution in [2.75, 3.05) is 0 Å². The van der Waals surface area contributed by atoms with Crippen LogP contribution in [-0.4, -0.2) is 15.0 Å². The van der Waals surface area contributed by atoms with Crippen LogP contribution in [0.3, 0.4) is 0 Å². The van der Waals surface area contributed by atoms with Crippen LogP contribution < -0.4 is 0 Å². The fourth-order valence-corrected chi connectivity index (χ4v) is 10.7. The molecule has 0 atom stereocenters. The highest BCUT2D eigenvalue weighted by Gasteiger charge is 2.42. The van der Waals surface area contributed by atoms with Crippen LogP contribution in [0.15, 0.2) is 176 Å². The van der Waals surface area contributed by atoms with E-state index < -0.39 is 0 Å². The summed E-state index contributed by atoms with van der Waals surface area (Å²) < 4.78 is 0. The maximum absolute atomic E-state index is 5.29. The predicted octanol–water partition coefficient (Wildman–Crippen LogP) is 14.6. The second-order valence-electron chi connectivity index (χ2n) is 17.5. The molecule has 0 unspecified atom stereocenters. The van der Waals surface area contributed by atoms with E-state index in [1.807, 2.05) is 36.4 Å². The Balaban J connectivity index is 1.22. The lowest BCUT2D eigenvalue weighted by atomic mass is 9.77. The van der Waals surface area contributed by atoms with Gasteiger partial charge in [0.15, 0.2) is 17.5 Å². The fourth-order valence-electron chi connectivity index (χ4n) is 10.7. The molecule has 9 aromatic carbocycles. The lowest BCUT2D eigenvalue weighted by molar-refractivity contribution is 0.660. The molecule has 284 valence electrons. The van der Waals surface area contributed by atoms with Gasteiger partial charge in [-0.25, -0.2) is 15.0 Å². The van der Waals surface area contributed by atoms with Gasteiger partial charge in [0.25, 0.3) is 0 Å². The molecule has 0 spiro atoms. The lowest BCUT2D eigenvalue weighted by Crippen LogP contribution is -2.15. The highest BCUT2D eigenvalue weighted by atomic mass is 15.0. The van der Waals surface area contributed by atoms with Crippen LogP contribution >= 0.6 is 0 Å². The summed E-state index contributed by atoms with van der Waals surface area (Å²) in [5, 5.41) is 7.19. The molecule has 1 aromatic heterocycles. The van der Waals surface area contributed by atoms with Crippen LogP contribution in [0.1, 0.15) is 49.9 Å². The van der Waals surface area contributed by atoms with Crippen molar-refractivity contribution >= 4 is 32.3 Å². The van der Waals surface area contributed by atoms with Crippen molar-refractivity contribution in [1.29, 1.82) is 0 Å². The summed E-state index contributed by atoms with van der Waals surface area (Å²) in [6, 6.07) is 63.8. The summed E-state index contributed by atoms with van der Waals surface area (Å²) in [5.41, 5.74) is 16.0. The third kappa shape index (κ3) is 4.81. The van der Waals surface area contributed by atoms with Crippen molar-refractivity contribution in [1.82, 2.24) is 15.0 Å². The molecule has 2 aliphatic carbocycles. The summed E-state index contributed by atoms with van der Waals surface area (Å²) in [6.07, 6.45) is 0. The van der Waals surface area contributed by atoms with Gasteiger partial charge in [0.1, 0.15) is 0 Å². The van der Waals surface area contributed by atoms with E-state index in [1.54, 1.807) is 0 Å². The predicted molar refractivity (Wildman–Crippen MR) is 249 cm³/mol. The zero-order valence-corrected chi connectivity index (χ0v) is 34.1. The van der Waals surface area contributed by atoms with Crippen LogP contribution in [0.25, 0.3) is 99.9 Å². The van der Waals surface area contributed by atoms with E-state index in [1.165, 1.54) is 77.2 Å². The van der Waals surface area contributed by atoms with Gasteiger partial charge in [0.2, 0.25) is 0 Å². The van der Waals surface area contributed by atoms with E-state index in [9.17, 15) is 0 Å². The van der Waals surface area contributed by atoms with E-state index in [-0.39, 0.29) is 10.8 Å². The van der Waals surface area contributed by atoms with E-state index in [0.29, 0.717) is 17.5 Å². The Morgan fingerprint density at radius 1 is 0.300 bits per heavy atom. The Kier molecular flexibility index (Phi) is 7.32. The van der Waals surface area contributed by atoms with Gasteiger partial charge in [-0.2, -0.15) is 0 Å². The minimum atomic E-state index is -0.205. The van der Waals surface area contributed by atoms with Gasteiger partial charge in [0.05, 0.1) is 0 Å². The molecule has 1 heterocycles. The molecule has 2 aliphatic rings. The molecule has 0 saturated carbocycles. The first-order valence-electron chi connectivity index (χ1n) is 21.0.